The predicted molar refractivity (Wildman–Crippen MR) is 160 cm³/mol. The number of aromatic nitrogens is 1. The van der Waals surface area contributed by atoms with Gasteiger partial charge in [0.15, 0.2) is 0 Å². The second-order valence-corrected chi connectivity index (χ2v) is 11.2. The van der Waals surface area contributed by atoms with Crippen molar-refractivity contribution in [2.24, 2.45) is 0 Å². The lowest BCUT2D eigenvalue weighted by Gasteiger charge is -2.22. The first-order valence-corrected chi connectivity index (χ1v) is 14.7. The second-order valence-electron chi connectivity index (χ2n) is 10.2. The van der Waals surface area contributed by atoms with Gasteiger partial charge in [-0.1, -0.05) is 24.3 Å². The SMILES string of the molecule is O=C1CCC(=O)N[C@H](Cc2cccs2)C(=O)NCC(=O)N[C@H](Cc2cccnc2)C(=O)N[C@H](C(=O)O)Cc2ccc(cc2)N1. The molecule has 14 heteroatoms. The predicted octanol–water partition coefficient (Wildman–Crippen LogP) is 0.559. The van der Waals surface area contributed by atoms with Gasteiger partial charge in [-0.25, -0.2) is 4.79 Å². The molecule has 6 N–H and O–H groups in total. The zero-order valence-electron chi connectivity index (χ0n) is 23.6. The van der Waals surface area contributed by atoms with Crippen LogP contribution >= 0.6 is 11.3 Å². The van der Waals surface area contributed by atoms with Gasteiger partial charge < -0.3 is 31.7 Å². The zero-order chi connectivity index (χ0) is 31.5. The van der Waals surface area contributed by atoms with Crippen LogP contribution in [0.4, 0.5) is 5.69 Å². The summed E-state index contributed by atoms with van der Waals surface area (Å²) in [6.07, 6.45) is 2.86. The molecule has 4 heterocycles. The minimum absolute atomic E-state index is 0.0111. The van der Waals surface area contributed by atoms with E-state index in [1.165, 1.54) is 17.5 Å². The Kier molecular flexibility index (Phi) is 11.1. The quantitative estimate of drug-likeness (QED) is 0.223. The molecule has 3 aromatic rings. The fourth-order valence-electron chi connectivity index (χ4n) is 4.49. The average molecular weight is 621 g/mol. The normalized spacial score (nSPS) is 20.7. The smallest absolute Gasteiger partial charge is 0.326 e. The number of thiophene rings is 1. The van der Waals surface area contributed by atoms with Crippen molar-refractivity contribution in [3.63, 3.8) is 0 Å². The molecule has 0 fully saturated rings. The number of fused-ring (bicyclic) bond motifs is 18. The molecule has 5 rings (SSSR count). The number of hydrogen-bond acceptors (Lipinski definition) is 8. The van der Waals surface area contributed by atoms with E-state index < -0.39 is 60.2 Å². The molecule has 2 aromatic heterocycles. The van der Waals surface area contributed by atoms with Crippen LogP contribution < -0.4 is 26.6 Å². The van der Waals surface area contributed by atoms with Crippen LogP contribution in [0.3, 0.4) is 0 Å². The third-order valence-electron chi connectivity index (χ3n) is 6.75. The monoisotopic (exact) mass is 620 g/mol. The molecule has 0 aliphatic carbocycles. The molecule has 3 atom stereocenters. The van der Waals surface area contributed by atoms with Gasteiger partial charge in [0.2, 0.25) is 29.5 Å². The molecule has 0 unspecified atom stereocenters. The summed E-state index contributed by atoms with van der Waals surface area (Å²) < 4.78 is 0. The third-order valence-corrected chi connectivity index (χ3v) is 7.64. The lowest BCUT2D eigenvalue weighted by molar-refractivity contribution is -0.142. The number of hydrogen-bond donors (Lipinski definition) is 6. The van der Waals surface area contributed by atoms with E-state index in [1.807, 2.05) is 5.38 Å². The van der Waals surface area contributed by atoms with Crippen molar-refractivity contribution < 1.29 is 33.9 Å². The first-order valence-electron chi connectivity index (χ1n) is 13.9. The van der Waals surface area contributed by atoms with Gasteiger partial charge in [-0.05, 0) is 40.8 Å². The van der Waals surface area contributed by atoms with E-state index in [0.29, 0.717) is 16.8 Å². The number of benzene rings is 1. The molecule has 0 saturated carbocycles. The van der Waals surface area contributed by atoms with Crippen molar-refractivity contribution in [3.8, 4) is 0 Å². The highest BCUT2D eigenvalue weighted by Gasteiger charge is 2.28. The van der Waals surface area contributed by atoms with Crippen LogP contribution in [0.2, 0.25) is 0 Å². The molecule has 5 amide bonds. The minimum Gasteiger partial charge on any atom is -0.480 e. The van der Waals surface area contributed by atoms with Gasteiger partial charge in [-0.15, -0.1) is 11.3 Å². The zero-order valence-corrected chi connectivity index (χ0v) is 24.4. The van der Waals surface area contributed by atoms with Crippen LogP contribution in [0, 0.1) is 0 Å². The fourth-order valence-corrected chi connectivity index (χ4v) is 5.24. The molecule has 0 spiro atoms. The van der Waals surface area contributed by atoms with Crippen LogP contribution in [0.25, 0.3) is 0 Å². The molecule has 230 valence electrons. The first-order chi connectivity index (χ1) is 21.2. The second kappa shape index (κ2) is 15.4. The van der Waals surface area contributed by atoms with Gasteiger partial charge in [0.1, 0.15) is 18.1 Å². The van der Waals surface area contributed by atoms with Gasteiger partial charge in [0, 0.05) is 55.1 Å². The highest BCUT2D eigenvalue weighted by atomic mass is 32.1. The number of carboxylic acids is 1. The molecular weight excluding hydrogens is 588 g/mol. The molecule has 2 aliphatic heterocycles. The van der Waals surface area contributed by atoms with E-state index in [2.05, 4.69) is 31.6 Å². The minimum atomic E-state index is -1.32. The molecule has 0 radical (unpaired) electrons. The van der Waals surface area contributed by atoms with E-state index in [1.54, 1.807) is 54.7 Å². The summed E-state index contributed by atoms with van der Waals surface area (Å²) in [6, 6.07) is 9.87. The topological polar surface area (TPSA) is 196 Å². The lowest BCUT2D eigenvalue weighted by Crippen LogP contribution is -2.55. The summed E-state index contributed by atoms with van der Waals surface area (Å²) in [5.41, 5.74) is 1.63. The van der Waals surface area contributed by atoms with Crippen LogP contribution in [0.15, 0.2) is 66.3 Å². The van der Waals surface area contributed by atoms with Crippen LogP contribution in [-0.2, 0) is 48.0 Å². The van der Waals surface area contributed by atoms with Crippen LogP contribution in [-0.4, -0.2) is 70.3 Å². The van der Waals surface area contributed by atoms with Crippen LogP contribution in [0.1, 0.15) is 28.8 Å². The number of rotatable bonds is 5. The van der Waals surface area contributed by atoms with Crippen molar-refractivity contribution in [3.05, 3.63) is 82.3 Å². The van der Waals surface area contributed by atoms with E-state index in [-0.39, 0.29) is 32.1 Å². The molecule has 2 aliphatic rings. The summed E-state index contributed by atoms with van der Waals surface area (Å²) in [7, 11) is 0. The summed E-state index contributed by atoms with van der Waals surface area (Å²) in [5.74, 6) is -4.29. The summed E-state index contributed by atoms with van der Waals surface area (Å²) >= 11 is 1.40. The summed E-state index contributed by atoms with van der Waals surface area (Å²) in [4.78, 5) is 81.5. The Morgan fingerprint density at radius 1 is 0.841 bits per heavy atom. The Morgan fingerprint density at radius 2 is 1.57 bits per heavy atom. The number of carbonyl (C=O) groups excluding carboxylic acids is 5. The first kappa shape index (κ1) is 31.8. The van der Waals surface area contributed by atoms with Gasteiger partial charge >= 0.3 is 5.97 Å². The molecule has 0 saturated heterocycles. The Labute approximate surface area is 256 Å². The number of pyridine rings is 1. The molecule has 2 bridgehead atoms. The lowest BCUT2D eigenvalue weighted by atomic mass is 10.0. The van der Waals surface area contributed by atoms with E-state index in [0.717, 1.165) is 4.88 Å². The van der Waals surface area contributed by atoms with Gasteiger partial charge in [0.25, 0.3) is 0 Å². The Balaban J connectivity index is 1.58. The third kappa shape index (κ3) is 9.73. The number of nitrogens with one attached hydrogen (secondary N) is 5. The maximum Gasteiger partial charge on any atom is 0.326 e. The van der Waals surface area contributed by atoms with E-state index in [9.17, 15) is 33.9 Å². The molecular formula is C30H32N6O7S. The number of carboxylic acid groups (broad SMARTS) is 1. The van der Waals surface area contributed by atoms with Crippen molar-refractivity contribution in [2.75, 3.05) is 11.9 Å². The highest BCUT2D eigenvalue weighted by Crippen LogP contribution is 2.14. The van der Waals surface area contributed by atoms with Crippen molar-refractivity contribution in [1.82, 2.24) is 26.3 Å². The van der Waals surface area contributed by atoms with Crippen molar-refractivity contribution >= 4 is 52.5 Å². The standard InChI is InChI=1S/C30H32N6O7S/c37-25-9-10-26(38)34-23(15-21-4-2-12-44-21)28(40)32-17-27(39)35-22(14-19-3-1-11-31-16-19)29(41)36-24(30(42)43)13-18-5-7-20(33-25)8-6-18/h1-8,11-12,16,22-24H,9-10,13-15,17H2,(H,32,40)(H,33,37)(H,34,38)(H,35,39)(H,36,41)(H,42,43)/t22-,23-,24+/m1/s1. The summed E-state index contributed by atoms with van der Waals surface area (Å²) in [5, 5.41) is 24.6. The van der Waals surface area contributed by atoms with Crippen LogP contribution in [0.5, 0.6) is 0 Å². The Morgan fingerprint density at radius 3 is 2.25 bits per heavy atom. The molecule has 13 nitrogen and oxygen atoms in total. The number of aliphatic carboxylic acids is 1. The van der Waals surface area contributed by atoms with Gasteiger partial charge in [0.05, 0.1) is 6.54 Å². The largest absolute Gasteiger partial charge is 0.480 e. The number of amides is 5. The Bertz CT molecular complexity index is 1480. The highest BCUT2D eigenvalue weighted by molar-refractivity contribution is 7.09. The van der Waals surface area contributed by atoms with E-state index in [4.69, 9.17) is 0 Å². The maximum atomic E-state index is 13.3. The van der Waals surface area contributed by atoms with Gasteiger partial charge in [-0.3, -0.25) is 29.0 Å². The van der Waals surface area contributed by atoms with E-state index >= 15 is 0 Å². The summed E-state index contributed by atoms with van der Waals surface area (Å²) in [6.45, 7) is -0.511. The molecule has 44 heavy (non-hydrogen) atoms. The fraction of sp³-hybridized carbons (Fsp3) is 0.300. The van der Waals surface area contributed by atoms with Gasteiger partial charge in [-0.2, -0.15) is 0 Å². The average Bonchev–Trinajstić information content (AvgIpc) is 3.52. The molecule has 1 aromatic carbocycles. The van der Waals surface area contributed by atoms with Crippen molar-refractivity contribution in [2.45, 2.75) is 50.2 Å². The maximum absolute atomic E-state index is 13.3. The Hall–Kier alpha value is -5.11. The number of anilines is 1. The van der Waals surface area contributed by atoms with Crippen molar-refractivity contribution in [1.29, 1.82) is 0 Å². The number of nitrogens with zero attached hydrogens (tertiary/aromatic N) is 1. The number of carbonyl (C=O) groups is 6.